The summed E-state index contributed by atoms with van der Waals surface area (Å²) >= 11 is 20.4. The molecule has 0 aliphatic carbocycles. The van der Waals surface area contributed by atoms with Gasteiger partial charge in [-0.2, -0.15) is 0 Å². The predicted molar refractivity (Wildman–Crippen MR) is 97.5 cm³/mol. The fourth-order valence-electron chi connectivity index (χ4n) is 1.59. The Morgan fingerprint density at radius 2 is 1.33 bits per heavy atom. The van der Waals surface area contributed by atoms with Crippen LogP contribution in [0.2, 0.25) is 0 Å². The minimum absolute atomic E-state index is 0.119. The quantitative estimate of drug-likeness (QED) is 0.358. The summed E-state index contributed by atoms with van der Waals surface area (Å²) in [6.45, 7) is 22.5. The summed E-state index contributed by atoms with van der Waals surface area (Å²) in [5, 5.41) is 0. The number of hydrogen-bond acceptors (Lipinski definition) is 3. The molecule has 0 spiro atoms. The molecule has 0 N–H and O–H groups in total. The number of alkyl halides is 3. The molecule has 0 bridgehead atoms. The van der Waals surface area contributed by atoms with Gasteiger partial charge in [-0.1, -0.05) is 0 Å². The van der Waals surface area contributed by atoms with Crippen LogP contribution < -0.4 is 0 Å². The molecule has 0 atom stereocenters. The van der Waals surface area contributed by atoms with Gasteiger partial charge in [0.2, 0.25) is 0 Å². The second kappa shape index (κ2) is 23.5. The molecule has 0 saturated heterocycles. The first-order valence-electron chi connectivity index (χ1n) is 6.53. The van der Waals surface area contributed by atoms with Crippen molar-refractivity contribution in [3.8, 4) is 11.3 Å². The van der Waals surface area contributed by atoms with E-state index in [1.165, 1.54) is 0 Å². The van der Waals surface area contributed by atoms with Gasteiger partial charge in [0.15, 0.2) is 0 Å². The number of halogens is 3. The van der Waals surface area contributed by atoms with Crippen molar-refractivity contribution >= 4 is 39.4 Å². The van der Waals surface area contributed by atoms with Gasteiger partial charge in [0.05, 0.1) is 0 Å². The molecule has 0 saturated carbocycles. The molecule has 0 unspecified atom stereocenters. The number of benzene rings is 1. The Hall–Kier alpha value is -1.77. The molecule has 0 aliphatic heterocycles. The van der Waals surface area contributed by atoms with E-state index in [0.29, 0.717) is 15.8 Å². The van der Waals surface area contributed by atoms with Crippen LogP contribution in [-0.4, -0.2) is 21.6 Å². The molecule has 1 aromatic carbocycles. The molecule has 30 heavy (non-hydrogen) atoms. The molecule has 154 valence electrons. The Morgan fingerprint density at radius 3 is 1.70 bits per heavy atom. The first kappa shape index (κ1) is 35.7. The molecule has 2 aromatic rings. The van der Waals surface area contributed by atoms with E-state index in [9.17, 15) is 0 Å². The van der Waals surface area contributed by atoms with E-state index in [1.807, 2.05) is 30.3 Å². The average Bonchev–Trinajstić information content (AvgIpc) is 2.84. The van der Waals surface area contributed by atoms with Crippen molar-refractivity contribution in [2.24, 2.45) is 0 Å². The van der Waals surface area contributed by atoms with Crippen LogP contribution in [0.3, 0.4) is 0 Å². The van der Waals surface area contributed by atoms with Crippen molar-refractivity contribution in [2.45, 2.75) is 3.79 Å². The SMILES string of the molecule is CO[C](=[Cr])c1cnc(C(Cl)(Cl)Cl)nc1-c1ccccc1.[C-]#[O+].[C-]#[O+].[C-]#[O+].[C-]#[O+].[C-]#[O+]. The van der Waals surface area contributed by atoms with E-state index < -0.39 is 3.79 Å². The molecule has 2 rings (SSSR count). The molecule has 1 aromatic heterocycles. The molecule has 0 amide bonds. The van der Waals surface area contributed by atoms with Gasteiger partial charge in [0.1, 0.15) is 0 Å². The fourth-order valence-corrected chi connectivity index (χ4v) is 2.10. The molecule has 0 aliphatic rings. The zero-order valence-corrected chi connectivity index (χ0v) is 18.4. The van der Waals surface area contributed by atoms with Crippen LogP contribution in [0.4, 0.5) is 0 Å². The number of methoxy groups -OCH3 is 1. The van der Waals surface area contributed by atoms with Crippen molar-refractivity contribution in [3.63, 3.8) is 0 Å². The summed E-state index contributed by atoms with van der Waals surface area (Å²) in [6.07, 6.45) is 1.57. The topological polar surface area (TPSA) is 135 Å². The number of aromatic nitrogens is 2. The maximum absolute atomic E-state index is 7.50. The van der Waals surface area contributed by atoms with Crippen LogP contribution in [0.1, 0.15) is 11.4 Å². The fraction of sp³-hybridized carbons (Fsp3) is 0.111. The van der Waals surface area contributed by atoms with Crippen molar-refractivity contribution in [3.05, 3.63) is 81.2 Å². The second-order valence-electron chi connectivity index (χ2n) is 3.81. The zero-order valence-electron chi connectivity index (χ0n) is 14.9. The van der Waals surface area contributed by atoms with E-state index >= 15 is 0 Å². The molecular formula is C18H9Cl3CrN2O6. The van der Waals surface area contributed by atoms with Crippen LogP contribution in [0.15, 0.2) is 36.5 Å². The van der Waals surface area contributed by atoms with Gasteiger partial charge in [-0.05, 0) is 0 Å². The van der Waals surface area contributed by atoms with E-state index in [2.05, 4.69) is 59.1 Å². The van der Waals surface area contributed by atoms with Crippen molar-refractivity contribution in [2.75, 3.05) is 7.11 Å². The Kier molecular flexibility index (Phi) is 27.9. The summed E-state index contributed by atoms with van der Waals surface area (Å²) in [7, 11) is 1.56. The van der Waals surface area contributed by atoms with Gasteiger partial charge in [-0.25, -0.2) is 0 Å². The van der Waals surface area contributed by atoms with Crippen LogP contribution in [0.5, 0.6) is 0 Å². The van der Waals surface area contributed by atoms with Crippen LogP contribution in [-0.2, 0) is 47.6 Å². The Bertz CT molecular complexity index is 812. The number of hydrogen-bond donors (Lipinski definition) is 0. The normalized spacial score (nSPS) is 7.93. The Morgan fingerprint density at radius 1 is 0.900 bits per heavy atom. The van der Waals surface area contributed by atoms with E-state index in [-0.39, 0.29) is 5.82 Å². The van der Waals surface area contributed by atoms with Crippen LogP contribution in [0.25, 0.3) is 11.3 Å². The third-order valence-electron chi connectivity index (χ3n) is 2.49. The van der Waals surface area contributed by atoms with Gasteiger partial charge in [-0.15, -0.1) is 0 Å². The van der Waals surface area contributed by atoms with Gasteiger partial charge >= 0.3 is 197 Å². The van der Waals surface area contributed by atoms with Crippen LogP contribution in [0, 0.1) is 33.3 Å². The van der Waals surface area contributed by atoms with E-state index in [4.69, 9.17) is 62.8 Å². The van der Waals surface area contributed by atoms with Crippen LogP contribution >= 0.6 is 34.8 Å². The van der Waals surface area contributed by atoms with E-state index in [1.54, 1.807) is 13.3 Å². The first-order chi connectivity index (χ1) is 14.4. The summed E-state index contributed by atoms with van der Waals surface area (Å²) in [5.41, 5.74) is 2.22. The summed E-state index contributed by atoms with van der Waals surface area (Å²) < 4.78 is 41.6. The zero-order chi connectivity index (χ0) is 24.8. The molecule has 0 fully saturated rings. The van der Waals surface area contributed by atoms with Crippen molar-refractivity contribution in [1.82, 2.24) is 9.97 Å². The summed E-state index contributed by atoms with van der Waals surface area (Å²) in [4.78, 5) is 8.43. The second-order valence-corrected chi connectivity index (χ2v) is 6.67. The predicted octanol–water partition coefficient (Wildman–Crippen LogP) is 3.45. The van der Waals surface area contributed by atoms with E-state index in [0.717, 1.165) is 5.56 Å². The standard InChI is InChI=1S/C13H9Cl3N2O.5CO.Cr/c1-19-8-10-7-17-12(13(14,15)16)18-11(10)9-5-3-2-4-6-9;5*1-2;/h2-7H,1H3;;;;;;. The summed E-state index contributed by atoms with van der Waals surface area (Å²) in [5.74, 6) is 0.119. The van der Waals surface area contributed by atoms with Crippen molar-refractivity contribution in [1.29, 1.82) is 0 Å². The first-order valence-corrected chi connectivity index (χ1v) is 8.30. The average molecular weight is 508 g/mol. The number of ether oxygens (including phenoxy) is 1. The van der Waals surface area contributed by atoms with Gasteiger partial charge < -0.3 is 0 Å². The van der Waals surface area contributed by atoms with Crippen molar-refractivity contribution < 1.29 is 43.8 Å². The van der Waals surface area contributed by atoms with Gasteiger partial charge in [0.25, 0.3) is 0 Å². The Balaban J connectivity index is -0.000000296. The molecule has 8 nitrogen and oxygen atoms in total. The van der Waals surface area contributed by atoms with Gasteiger partial charge in [0, 0.05) is 0 Å². The molecule has 12 heteroatoms. The summed E-state index contributed by atoms with van der Waals surface area (Å²) in [6, 6.07) is 9.55. The minimum atomic E-state index is -1.67. The number of nitrogens with zero attached hydrogens (tertiary/aromatic N) is 2. The maximum atomic E-state index is 7.50. The third-order valence-corrected chi connectivity index (χ3v) is 3.61. The number of rotatable bonds is 3. The Labute approximate surface area is 196 Å². The molecular weight excluding hydrogens is 499 g/mol. The third kappa shape index (κ3) is 13.5. The monoisotopic (exact) mass is 506 g/mol. The molecule has 0 radical (unpaired) electrons. The van der Waals surface area contributed by atoms with Gasteiger partial charge in [-0.3, -0.25) is 0 Å². The molecule has 1 heterocycles.